The number of anilines is 6. The number of phenols is 1. The smallest absolute Gasteiger partial charge is 0.159 e. The van der Waals surface area contributed by atoms with Gasteiger partial charge in [0.1, 0.15) is 11.3 Å². The van der Waals surface area contributed by atoms with E-state index < -0.39 is 0 Å². The Bertz CT molecular complexity index is 4880. The van der Waals surface area contributed by atoms with Crippen LogP contribution in [0.5, 0.6) is 5.75 Å². The van der Waals surface area contributed by atoms with Crippen LogP contribution in [0.4, 0.5) is 34.1 Å². The second kappa shape index (κ2) is 22.7. The molecule has 448 valence electrons. The molecule has 1 aromatic heterocycles. The van der Waals surface area contributed by atoms with Crippen molar-refractivity contribution in [3.8, 4) is 39.1 Å². The standard InChI is InChI=1S/C86H82N2O2/c1-54-25-15-17-37-64(54)58-31-19-32-59(49-58)66-39-23-43-76(82(66)89)87(62-35-20-33-60(50-62)85(3,4)5)78-52-74(56-27-11-9-12-28-56)67-46-48-73-79(53-75(57-29-13-10-14-30-57)68-45-47-72(78)80(67)81(68)73)88(63-36-21-34-61(51-63)86(6,7)8)77-44-24-42-71-70-41-22-40-69(83(70)90-84(71)77)65-38-18-16-26-55(65)2/h15-26,31-53,56-57,89H,9-14,27-30H2,1-8H3. The first-order valence-corrected chi connectivity index (χ1v) is 33.3. The Hall–Kier alpha value is -9.12. The molecule has 0 unspecified atom stereocenters. The zero-order chi connectivity index (χ0) is 61.6. The first-order valence-electron chi connectivity index (χ1n) is 33.3. The van der Waals surface area contributed by atoms with Crippen LogP contribution in [0, 0.1) is 13.8 Å². The van der Waals surface area contributed by atoms with E-state index in [0.29, 0.717) is 11.8 Å². The number of para-hydroxylation sites is 3. The molecule has 4 nitrogen and oxygen atoms in total. The number of rotatable bonds is 11. The lowest BCUT2D eigenvalue weighted by atomic mass is 9.77. The molecule has 1 N–H and O–H groups in total. The number of aryl methyl sites for hydroxylation is 2. The molecule has 15 rings (SSSR count). The maximum absolute atomic E-state index is 13.4. The summed E-state index contributed by atoms with van der Waals surface area (Å²) in [6, 6.07) is 79.2. The molecule has 0 spiro atoms. The number of phenolic OH excluding ortho intramolecular Hbond substituents is 1. The highest BCUT2D eigenvalue weighted by atomic mass is 16.3. The third kappa shape index (κ3) is 9.99. The van der Waals surface area contributed by atoms with E-state index in [2.05, 4.69) is 278 Å². The van der Waals surface area contributed by atoms with Gasteiger partial charge in [-0.25, -0.2) is 0 Å². The fraction of sp³-hybridized carbons (Fsp3) is 0.256. The zero-order valence-electron chi connectivity index (χ0n) is 53.7. The van der Waals surface area contributed by atoms with E-state index in [0.717, 1.165) is 104 Å². The van der Waals surface area contributed by atoms with Gasteiger partial charge in [0.25, 0.3) is 0 Å². The second-order valence-corrected chi connectivity index (χ2v) is 28.3. The highest BCUT2D eigenvalue weighted by molar-refractivity contribution is 6.30. The quantitative estimate of drug-likeness (QED) is 0.131. The van der Waals surface area contributed by atoms with Gasteiger partial charge in [-0.3, -0.25) is 0 Å². The Morgan fingerprint density at radius 1 is 0.356 bits per heavy atom. The molecule has 0 amide bonds. The topological polar surface area (TPSA) is 39.9 Å². The summed E-state index contributed by atoms with van der Waals surface area (Å²) in [7, 11) is 0. The van der Waals surface area contributed by atoms with Crippen LogP contribution < -0.4 is 9.80 Å². The van der Waals surface area contributed by atoms with Crippen molar-refractivity contribution in [2.24, 2.45) is 0 Å². The lowest BCUT2D eigenvalue weighted by Gasteiger charge is -2.34. The van der Waals surface area contributed by atoms with Gasteiger partial charge < -0.3 is 19.3 Å². The van der Waals surface area contributed by atoms with Crippen molar-refractivity contribution in [2.75, 3.05) is 9.80 Å². The number of benzene rings is 12. The summed E-state index contributed by atoms with van der Waals surface area (Å²) >= 11 is 0. The van der Waals surface area contributed by atoms with E-state index >= 15 is 0 Å². The maximum atomic E-state index is 13.4. The Kier molecular flexibility index (Phi) is 14.5. The van der Waals surface area contributed by atoms with Gasteiger partial charge in [0, 0.05) is 44.0 Å². The molecule has 13 aromatic rings. The van der Waals surface area contributed by atoms with Crippen LogP contribution >= 0.6 is 0 Å². The molecule has 2 fully saturated rings. The summed E-state index contributed by atoms with van der Waals surface area (Å²) in [5, 5.41) is 23.3. The Labute approximate surface area is 531 Å². The summed E-state index contributed by atoms with van der Waals surface area (Å²) in [6.45, 7) is 18.2. The van der Waals surface area contributed by atoms with Crippen molar-refractivity contribution in [1.29, 1.82) is 0 Å². The number of hydrogen-bond acceptors (Lipinski definition) is 4. The van der Waals surface area contributed by atoms with Crippen molar-refractivity contribution >= 4 is 88.4 Å². The molecule has 4 heteroatoms. The van der Waals surface area contributed by atoms with E-state index in [1.165, 1.54) is 115 Å². The first kappa shape index (κ1) is 57.3. The predicted molar refractivity (Wildman–Crippen MR) is 383 cm³/mol. The van der Waals surface area contributed by atoms with Gasteiger partial charge in [0.15, 0.2) is 5.58 Å². The number of aromatic hydroxyl groups is 1. The summed E-state index contributed by atoms with van der Waals surface area (Å²) in [5.74, 6) is 1.02. The summed E-state index contributed by atoms with van der Waals surface area (Å²) in [6.07, 6.45) is 12.0. The lowest BCUT2D eigenvalue weighted by molar-refractivity contribution is 0.445. The summed E-state index contributed by atoms with van der Waals surface area (Å²) in [4.78, 5) is 4.98. The molecule has 0 aliphatic heterocycles. The molecule has 2 aliphatic carbocycles. The fourth-order valence-corrected chi connectivity index (χ4v) is 15.7. The SMILES string of the molecule is Cc1ccccc1-c1cccc(-c2cccc(N(c3cccc(C(C)(C)C)c3)c3cc(C4CCCCC4)c4ccc5c(N(c6cccc(C(C)(C)C)c6)c6cccc7c6oc6c(-c8ccccc8C)cccc67)cc(C6CCCCC6)c6ccc3c4c65)c2O)c1. The molecule has 0 saturated heterocycles. The molecule has 1 heterocycles. The predicted octanol–water partition coefficient (Wildman–Crippen LogP) is 25.4. The molecule has 0 radical (unpaired) electrons. The Morgan fingerprint density at radius 2 is 0.789 bits per heavy atom. The van der Waals surface area contributed by atoms with Gasteiger partial charge >= 0.3 is 0 Å². The largest absolute Gasteiger partial charge is 0.505 e. The summed E-state index contributed by atoms with van der Waals surface area (Å²) in [5.41, 5.74) is 21.8. The van der Waals surface area contributed by atoms with E-state index in [9.17, 15) is 5.11 Å². The van der Waals surface area contributed by atoms with E-state index in [4.69, 9.17) is 4.42 Å². The monoisotopic (exact) mass is 1170 g/mol. The number of nitrogens with zero attached hydrogens (tertiary/aromatic N) is 2. The van der Waals surface area contributed by atoms with Crippen LogP contribution in [0.2, 0.25) is 0 Å². The zero-order valence-corrected chi connectivity index (χ0v) is 53.7. The van der Waals surface area contributed by atoms with Crippen LogP contribution in [0.15, 0.2) is 217 Å². The number of furan rings is 1. The van der Waals surface area contributed by atoms with Gasteiger partial charge in [0.05, 0.1) is 22.7 Å². The normalized spacial score (nSPS) is 14.6. The van der Waals surface area contributed by atoms with Crippen molar-refractivity contribution in [3.63, 3.8) is 0 Å². The van der Waals surface area contributed by atoms with Gasteiger partial charge in [-0.1, -0.05) is 238 Å². The third-order valence-corrected chi connectivity index (χ3v) is 20.5. The van der Waals surface area contributed by atoms with Crippen molar-refractivity contribution < 1.29 is 9.52 Å². The second-order valence-electron chi connectivity index (χ2n) is 28.3. The molecular weight excluding hydrogens is 1090 g/mol. The van der Waals surface area contributed by atoms with Crippen molar-refractivity contribution in [3.05, 3.63) is 246 Å². The minimum Gasteiger partial charge on any atom is -0.505 e. The van der Waals surface area contributed by atoms with E-state index in [1.807, 2.05) is 0 Å². The lowest BCUT2D eigenvalue weighted by Crippen LogP contribution is -2.16. The summed E-state index contributed by atoms with van der Waals surface area (Å²) < 4.78 is 7.46. The van der Waals surface area contributed by atoms with Crippen molar-refractivity contribution in [1.82, 2.24) is 0 Å². The van der Waals surface area contributed by atoms with Crippen LogP contribution in [0.1, 0.15) is 151 Å². The molecule has 0 atom stereocenters. The molecule has 2 aliphatic rings. The van der Waals surface area contributed by atoms with Crippen molar-refractivity contribution in [2.45, 2.75) is 142 Å². The van der Waals surface area contributed by atoms with Crippen LogP contribution in [-0.2, 0) is 10.8 Å². The highest BCUT2D eigenvalue weighted by Crippen LogP contribution is 2.56. The van der Waals surface area contributed by atoms with E-state index in [1.54, 1.807) is 0 Å². The average Bonchev–Trinajstić information content (AvgIpc) is 0.712. The number of hydrogen-bond donors (Lipinski definition) is 1. The van der Waals surface area contributed by atoms with Gasteiger partial charge in [-0.05, 0) is 194 Å². The minimum atomic E-state index is -0.127. The van der Waals surface area contributed by atoms with Gasteiger partial charge in [-0.15, -0.1) is 0 Å². The third-order valence-electron chi connectivity index (χ3n) is 20.5. The first-order chi connectivity index (χ1) is 43.7. The minimum absolute atomic E-state index is 0.102. The maximum Gasteiger partial charge on any atom is 0.159 e. The van der Waals surface area contributed by atoms with E-state index in [-0.39, 0.29) is 16.6 Å². The van der Waals surface area contributed by atoms with Crippen LogP contribution in [0.25, 0.3) is 87.6 Å². The average molecular weight is 1180 g/mol. The molecule has 12 aromatic carbocycles. The molecular formula is C86H82N2O2. The highest BCUT2D eigenvalue weighted by Gasteiger charge is 2.32. The molecule has 0 bridgehead atoms. The Balaban J connectivity index is 1.04. The van der Waals surface area contributed by atoms with Crippen LogP contribution in [-0.4, -0.2) is 5.11 Å². The molecule has 2 saturated carbocycles. The van der Waals surface area contributed by atoms with Crippen LogP contribution in [0.3, 0.4) is 0 Å². The number of fused-ring (bicyclic) bond motifs is 3. The van der Waals surface area contributed by atoms with Gasteiger partial charge in [-0.2, -0.15) is 0 Å². The Morgan fingerprint density at radius 3 is 1.34 bits per heavy atom. The fourth-order valence-electron chi connectivity index (χ4n) is 15.7. The molecule has 90 heavy (non-hydrogen) atoms. The van der Waals surface area contributed by atoms with Gasteiger partial charge in [0.2, 0.25) is 0 Å².